The minimum atomic E-state index is -0.431. The lowest BCUT2D eigenvalue weighted by Crippen LogP contribution is -2.43. The van der Waals surface area contributed by atoms with Gasteiger partial charge in [-0.3, -0.25) is 4.79 Å². The largest absolute Gasteiger partial charge is 0.348 e. The highest BCUT2D eigenvalue weighted by atomic mass is 35.5. The van der Waals surface area contributed by atoms with Crippen LogP contribution in [-0.4, -0.2) is 29.7 Å². The van der Waals surface area contributed by atoms with Crippen molar-refractivity contribution in [1.29, 1.82) is 0 Å². The second-order valence-corrected chi connectivity index (χ2v) is 7.33. The topological polar surface area (TPSA) is 55.1 Å². The van der Waals surface area contributed by atoms with Crippen LogP contribution in [0.15, 0.2) is 23.1 Å². The lowest BCUT2D eigenvalue weighted by atomic mass is 10.0. The number of rotatable bonds is 5. The molecule has 0 saturated carbocycles. The molecule has 1 aliphatic heterocycles. The van der Waals surface area contributed by atoms with E-state index in [0.717, 1.165) is 23.5 Å². The van der Waals surface area contributed by atoms with Crippen molar-refractivity contribution in [2.75, 3.05) is 17.8 Å². The first-order valence-electron chi connectivity index (χ1n) is 6.59. The molecule has 1 heterocycles. The highest BCUT2D eigenvalue weighted by Crippen LogP contribution is 2.37. The first kappa shape index (κ1) is 16.0. The Hall–Kier alpha value is -0.360. The molecule has 3 N–H and O–H groups in total. The summed E-state index contributed by atoms with van der Waals surface area (Å²) < 4.78 is 0. The maximum atomic E-state index is 12.1. The lowest BCUT2D eigenvalue weighted by Gasteiger charge is -2.27. The molecular formula is C14H19ClN2OS2. The molecule has 0 spiro atoms. The summed E-state index contributed by atoms with van der Waals surface area (Å²) in [6, 6.07) is 5.45. The molecule has 1 amide bonds. The molecule has 6 heteroatoms. The fourth-order valence-electron chi connectivity index (χ4n) is 2.17. The van der Waals surface area contributed by atoms with Crippen molar-refractivity contribution in [2.45, 2.75) is 29.8 Å². The molecule has 2 atom stereocenters. The molecule has 110 valence electrons. The van der Waals surface area contributed by atoms with Gasteiger partial charge in [-0.15, -0.1) is 11.8 Å². The number of halogens is 1. The number of hydrogen-bond acceptors (Lipinski definition) is 4. The molecule has 1 unspecified atom stereocenters. The van der Waals surface area contributed by atoms with Crippen molar-refractivity contribution in [1.82, 2.24) is 5.32 Å². The van der Waals surface area contributed by atoms with Crippen LogP contribution in [0.2, 0.25) is 5.02 Å². The highest BCUT2D eigenvalue weighted by molar-refractivity contribution is 7.99. The van der Waals surface area contributed by atoms with E-state index in [0.29, 0.717) is 11.4 Å². The van der Waals surface area contributed by atoms with E-state index in [1.165, 1.54) is 4.90 Å². The highest BCUT2D eigenvalue weighted by Gasteiger charge is 2.24. The second-order valence-electron chi connectivity index (χ2n) is 4.77. The molecule has 0 aliphatic carbocycles. The van der Waals surface area contributed by atoms with Gasteiger partial charge in [-0.25, -0.2) is 0 Å². The molecule has 3 nitrogen and oxygen atoms in total. The average molecular weight is 331 g/mol. The number of benzene rings is 1. The SMILES string of the molecule is CSCC[C@H](N)C(=O)NC1CCSc2ccc(Cl)cc21. The third kappa shape index (κ3) is 4.07. The van der Waals surface area contributed by atoms with Crippen LogP contribution in [0.3, 0.4) is 0 Å². The van der Waals surface area contributed by atoms with Crippen LogP contribution in [0, 0.1) is 0 Å². The Bertz CT molecular complexity index is 484. The quantitative estimate of drug-likeness (QED) is 0.871. The molecule has 0 bridgehead atoms. The van der Waals surface area contributed by atoms with Gasteiger partial charge in [-0.05, 0) is 48.6 Å². The first-order chi connectivity index (χ1) is 9.61. The predicted octanol–water partition coefficient (Wildman–Crippen LogP) is 3.07. The molecule has 1 aliphatic rings. The summed E-state index contributed by atoms with van der Waals surface area (Å²) in [5.41, 5.74) is 7.02. The van der Waals surface area contributed by atoms with E-state index in [2.05, 4.69) is 5.32 Å². The van der Waals surface area contributed by atoms with Gasteiger partial charge in [0.05, 0.1) is 12.1 Å². The zero-order chi connectivity index (χ0) is 14.5. The molecular weight excluding hydrogens is 312 g/mol. The van der Waals surface area contributed by atoms with Crippen molar-refractivity contribution in [3.63, 3.8) is 0 Å². The van der Waals surface area contributed by atoms with Gasteiger partial charge >= 0.3 is 0 Å². The normalized spacial score (nSPS) is 19.2. The standard InChI is InChI=1S/C14H19ClN2OS2/c1-19-6-4-11(16)14(18)17-12-5-7-20-13-3-2-9(15)8-10(12)13/h2-3,8,11-12H,4-7,16H2,1H3,(H,17,18)/t11-,12?/m0/s1. The second kappa shape index (κ2) is 7.59. The van der Waals surface area contributed by atoms with Crippen LogP contribution in [-0.2, 0) is 4.79 Å². The van der Waals surface area contributed by atoms with Gasteiger partial charge in [0.2, 0.25) is 5.91 Å². The zero-order valence-electron chi connectivity index (χ0n) is 11.4. The molecule has 20 heavy (non-hydrogen) atoms. The van der Waals surface area contributed by atoms with Crippen LogP contribution in [0.5, 0.6) is 0 Å². The van der Waals surface area contributed by atoms with E-state index in [1.54, 1.807) is 23.5 Å². The third-order valence-electron chi connectivity index (χ3n) is 3.30. The van der Waals surface area contributed by atoms with Gasteiger partial charge in [0, 0.05) is 15.7 Å². The van der Waals surface area contributed by atoms with Gasteiger partial charge in [-0.2, -0.15) is 11.8 Å². The average Bonchev–Trinajstić information content (AvgIpc) is 2.45. The van der Waals surface area contributed by atoms with Crippen molar-refractivity contribution in [2.24, 2.45) is 5.73 Å². The Morgan fingerprint density at radius 1 is 1.65 bits per heavy atom. The van der Waals surface area contributed by atoms with Gasteiger partial charge in [0.1, 0.15) is 0 Å². The maximum Gasteiger partial charge on any atom is 0.237 e. The molecule has 1 aromatic carbocycles. The van der Waals surface area contributed by atoms with Gasteiger partial charge < -0.3 is 11.1 Å². The monoisotopic (exact) mass is 330 g/mol. The number of fused-ring (bicyclic) bond motifs is 1. The summed E-state index contributed by atoms with van der Waals surface area (Å²) in [4.78, 5) is 13.3. The van der Waals surface area contributed by atoms with E-state index in [1.807, 2.05) is 24.5 Å². The molecule has 2 rings (SSSR count). The Kier molecular flexibility index (Phi) is 6.08. The number of nitrogens with two attached hydrogens (primary N) is 1. The number of carbonyl (C=O) groups excluding carboxylic acids is 1. The van der Waals surface area contributed by atoms with Crippen molar-refractivity contribution in [3.05, 3.63) is 28.8 Å². The molecule has 0 fully saturated rings. The van der Waals surface area contributed by atoms with Gasteiger partial charge in [0.25, 0.3) is 0 Å². The fourth-order valence-corrected chi connectivity index (χ4v) is 3.95. The molecule has 0 radical (unpaired) electrons. The summed E-state index contributed by atoms with van der Waals surface area (Å²) in [5.74, 6) is 1.83. The summed E-state index contributed by atoms with van der Waals surface area (Å²) in [6.07, 6.45) is 3.64. The Balaban J connectivity index is 2.04. The predicted molar refractivity (Wildman–Crippen MR) is 88.7 cm³/mol. The summed E-state index contributed by atoms with van der Waals surface area (Å²) >= 11 is 9.57. The zero-order valence-corrected chi connectivity index (χ0v) is 13.8. The van der Waals surface area contributed by atoms with Crippen molar-refractivity contribution < 1.29 is 4.79 Å². The third-order valence-corrected chi connectivity index (χ3v) is 5.30. The molecule has 1 aromatic rings. The molecule has 0 saturated heterocycles. The van der Waals surface area contributed by atoms with E-state index >= 15 is 0 Å². The van der Waals surface area contributed by atoms with Crippen LogP contribution < -0.4 is 11.1 Å². The van der Waals surface area contributed by atoms with E-state index in [4.69, 9.17) is 17.3 Å². The minimum absolute atomic E-state index is 0.0257. The Morgan fingerprint density at radius 3 is 3.20 bits per heavy atom. The molecule has 0 aromatic heterocycles. The summed E-state index contributed by atoms with van der Waals surface area (Å²) in [6.45, 7) is 0. The summed E-state index contributed by atoms with van der Waals surface area (Å²) in [5, 5.41) is 3.77. The lowest BCUT2D eigenvalue weighted by molar-refractivity contribution is -0.123. The minimum Gasteiger partial charge on any atom is -0.348 e. The number of nitrogens with one attached hydrogen (secondary N) is 1. The fraction of sp³-hybridized carbons (Fsp3) is 0.500. The van der Waals surface area contributed by atoms with Crippen LogP contribution >= 0.6 is 35.1 Å². The van der Waals surface area contributed by atoms with Crippen LogP contribution in [0.4, 0.5) is 0 Å². The van der Waals surface area contributed by atoms with Crippen LogP contribution in [0.1, 0.15) is 24.4 Å². The van der Waals surface area contributed by atoms with E-state index in [-0.39, 0.29) is 11.9 Å². The Morgan fingerprint density at radius 2 is 2.45 bits per heavy atom. The van der Waals surface area contributed by atoms with Crippen LogP contribution in [0.25, 0.3) is 0 Å². The first-order valence-corrected chi connectivity index (χ1v) is 9.34. The number of thioether (sulfide) groups is 2. The number of carbonyl (C=O) groups is 1. The Labute approximate surface area is 133 Å². The van der Waals surface area contributed by atoms with E-state index in [9.17, 15) is 4.79 Å². The smallest absolute Gasteiger partial charge is 0.237 e. The van der Waals surface area contributed by atoms with E-state index < -0.39 is 6.04 Å². The number of amides is 1. The summed E-state index contributed by atoms with van der Waals surface area (Å²) in [7, 11) is 0. The van der Waals surface area contributed by atoms with Gasteiger partial charge in [0.15, 0.2) is 0 Å². The number of hydrogen-bond donors (Lipinski definition) is 2. The van der Waals surface area contributed by atoms with Gasteiger partial charge in [-0.1, -0.05) is 11.6 Å². The van der Waals surface area contributed by atoms with Crippen molar-refractivity contribution in [3.8, 4) is 0 Å². The van der Waals surface area contributed by atoms with Crippen molar-refractivity contribution >= 4 is 41.0 Å². The maximum absolute atomic E-state index is 12.1.